The molecule has 0 bridgehead atoms. The Morgan fingerprint density at radius 2 is 1.81 bits per heavy atom. The third kappa shape index (κ3) is 4.72. The molecule has 2 N–H and O–H groups in total. The minimum absolute atomic E-state index is 0.116. The van der Waals surface area contributed by atoms with Crippen LogP contribution in [-0.2, 0) is 11.2 Å². The summed E-state index contributed by atoms with van der Waals surface area (Å²) in [6, 6.07) is 16.8. The van der Waals surface area contributed by atoms with Gasteiger partial charge in [0.25, 0.3) is 5.91 Å². The van der Waals surface area contributed by atoms with Crippen LogP contribution in [0.1, 0.15) is 15.9 Å². The number of benzene rings is 2. The second-order valence-corrected chi connectivity index (χ2v) is 6.25. The Bertz CT molecular complexity index is 934. The van der Waals surface area contributed by atoms with E-state index in [0.717, 1.165) is 16.9 Å². The highest BCUT2D eigenvalue weighted by Crippen LogP contribution is 2.13. The zero-order valence-electron chi connectivity index (χ0n) is 15.2. The quantitative estimate of drug-likeness (QED) is 0.679. The molecule has 2 amide bonds. The molecule has 0 saturated heterocycles. The molecule has 0 atom stereocenters. The normalized spacial score (nSPS) is 10.3. The molecule has 2 aromatic carbocycles. The van der Waals surface area contributed by atoms with Crippen molar-refractivity contribution in [1.29, 1.82) is 0 Å². The number of hydrazine groups is 1. The molecule has 0 aliphatic heterocycles. The summed E-state index contributed by atoms with van der Waals surface area (Å²) in [5.41, 5.74) is 7.92. The van der Waals surface area contributed by atoms with Gasteiger partial charge >= 0.3 is 0 Å². The third-order valence-electron chi connectivity index (χ3n) is 3.96. The monoisotopic (exact) mass is 363 g/mol. The molecule has 0 fully saturated rings. The molecule has 0 aliphatic carbocycles. The van der Waals surface area contributed by atoms with E-state index in [4.69, 9.17) is 0 Å². The maximum atomic E-state index is 12.2. The Kier molecular flexibility index (Phi) is 5.51. The molecule has 3 rings (SSSR count). The van der Waals surface area contributed by atoms with E-state index in [1.165, 1.54) is 0 Å². The molecule has 1 heterocycles. The van der Waals surface area contributed by atoms with Gasteiger partial charge in [0, 0.05) is 31.5 Å². The second-order valence-electron chi connectivity index (χ2n) is 6.25. The van der Waals surface area contributed by atoms with Crippen molar-refractivity contribution in [3.8, 4) is 5.69 Å². The first-order chi connectivity index (χ1) is 13.0. The topological polar surface area (TPSA) is 79.3 Å². The van der Waals surface area contributed by atoms with E-state index in [9.17, 15) is 9.59 Å². The van der Waals surface area contributed by atoms with Crippen molar-refractivity contribution in [3.63, 3.8) is 0 Å². The molecular weight excluding hydrogens is 342 g/mol. The van der Waals surface area contributed by atoms with Gasteiger partial charge in [0.05, 0.1) is 18.3 Å². The van der Waals surface area contributed by atoms with Crippen molar-refractivity contribution in [2.45, 2.75) is 6.42 Å². The van der Waals surface area contributed by atoms with Crippen LogP contribution in [0, 0.1) is 0 Å². The lowest BCUT2D eigenvalue weighted by atomic mass is 10.2. The van der Waals surface area contributed by atoms with E-state index in [1.807, 2.05) is 55.4 Å². The fourth-order valence-electron chi connectivity index (χ4n) is 2.53. The first-order valence-corrected chi connectivity index (χ1v) is 8.48. The number of anilines is 1. The van der Waals surface area contributed by atoms with Crippen LogP contribution in [-0.4, -0.2) is 35.7 Å². The molecule has 138 valence electrons. The maximum Gasteiger partial charge on any atom is 0.269 e. The highest BCUT2D eigenvalue weighted by atomic mass is 16.2. The van der Waals surface area contributed by atoms with Crippen LogP contribution in [0.3, 0.4) is 0 Å². The molecule has 7 nitrogen and oxygen atoms in total. The van der Waals surface area contributed by atoms with Gasteiger partial charge in [0.15, 0.2) is 0 Å². The fourth-order valence-corrected chi connectivity index (χ4v) is 2.53. The number of rotatable bonds is 5. The number of amides is 2. The van der Waals surface area contributed by atoms with Gasteiger partial charge in [-0.15, -0.1) is 0 Å². The minimum atomic E-state index is -0.368. The number of nitrogens with zero attached hydrogens (tertiary/aromatic N) is 3. The standard InChI is InChI=1S/C20H21N5O2/c1-24(2)18-10-6-7-16(12-18)20(27)23-22-19(26)11-15-13-21-25(14-15)17-8-4-3-5-9-17/h3-10,12-14H,11H2,1-2H3,(H,22,26)(H,23,27). The van der Waals surface area contributed by atoms with Crippen LogP contribution >= 0.6 is 0 Å². The van der Waals surface area contributed by atoms with Gasteiger partial charge in [0.1, 0.15) is 0 Å². The van der Waals surface area contributed by atoms with Crippen LogP contribution in [0.4, 0.5) is 5.69 Å². The Labute approximate surface area is 157 Å². The number of aromatic nitrogens is 2. The van der Waals surface area contributed by atoms with Crippen LogP contribution in [0.25, 0.3) is 5.69 Å². The van der Waals surface area contributed by atoms with Gasteiger partial charge in [-0.2, -0.15) is 5.10 Å². The van der Waals surface area contributed by atoms with E-state index in [-0.39, 0.29) is 18.2 Å². The second kappa shape index (κ2) is 8.18. The highest BCUT2D eigenvalue weighted by molar-refractivity contribution is 5.96. The molecular formula is C20H21N5O2. The summed E-state index contributed by atoms with van der Waals surface area (Å²) in [5, 5.41) is 4.25. The van der Waals surface area contributed by atoms with Crippen molar-refractivity contribution < 1.29 is 9.59 Å². The van der Waals surface area contributed by atoms with Gasteiger partial charge in [-0.05, 0) is 35.9 Å². The predicted octanol–water partition coefficient (Wildman–Crippen LogP) is 1.94. The van der Waals surface area contributed by atoms with Crippen molar-refractivity contribution in [1.82, 2.24) is 20.6 Å². The molecule has 27 heavy (non-hydrogen) atoms. The number of para-hydroxylation sites is 1. The number of carbonyl (C=O) groups excluding carboxylic acids is 2. The minimum Gasteiger partial charge on any atom is -0.378 e. The first-order valence-electron chi connectivity index (χ1n) is 8.48. The highest BCUT2D eigenvalue weighted by Gasteiger charge is 2.10. The average Bonchev–Trinajstić information content (AvgIpc) is 3.15. The zero-order valence-corrected chi connectivity index (χ0v) is 15.2. The Balaban J connectivity index is 1.55. The van der Waals surface area contributed by atoms with E-state index in [1.54, 1.807) is 35.3 Å². The largest absolute Gasteiger partial charge is 0.378 e. The van der Waals surface area contributed by atoms with Crippen molar-refractivity contribution in [2.24, 2.45) is 0 Å². The maximum absolute atomic E-state index is 12.2. The van der Waals surface area contributed by atoms with Crippen molar-refractivity contribution >= 4 is 17.5 Å². The number of hydrogen-bond acceptors (Lipinski definition) is 4. The number of carbonyl (C=O) groups is 2. The fraction of sp³-hybridized carbons (Fsp3) is 0.150. The lowest BCUT2D eigenvalue weighted by Gasteiger charge is -2.13. The summed E-state index contributed by atoms with van der Waals surface area (Å²) in [4.78, 5) is 26.2. The molecule has 1 aromatic heterocycles. The van der Waals surface area contributed by atoms with Gasteiger partial charge in [0.2, 0.25) is 5.91 Å². The summed E-state index contributed by atoms with van der Waals surface area (Å²) in [7, 11) is 3.79. The summed E-state index contributed by atoms with van der Waals surface area (Å²) in [5.74, 6) is -0.688. The Hall–Kier alpha value is -3.61. The van der Waals surface area contributed by atoms with Crippen molar-refractivity contribution in [2.75, 3.05) is 19.0 Å². The van der Waals surface area contributed by atoms with Gasteiger partial charge in [-0.1, -0.05) is 24.3 Å². The van der Waals surface area contributed by atoms with Gasteiger partial charge < -0.3 is 4.90 Å². The van der Waals surface area contributed by atoms with Gasteiger partial charge in [-0.3, -0.25) is 20.4 Å². The SMILES string of the molecule is CN(C)c1cccc(C(=O)NNC(=O)Cc2cnn(-c3ccccc3)c2)c1. The third-order valence-corrected chi connectivity index (χ3v) is 3.96. The molecule has 7 heteroatoms. The number of hydrogen-bond donors (Lipinski definition) is 2. The van der Waals surface area contributed by atoms with Crippen molar-refractivity contribution in [3.05, 3.63) is 78.1 Å². The summed E-state index contributed by atoms with van der Waals surface area (Å²) < 4.78 is 1.70. The van der Waals surface area contributed by atoms with E-state index >= 15 is 0 Å². The lowest BCUT2D eigenvalue weighted by molar-refractivity contribution is -0.121. The average molecular weight is 363 g/mol. The van der Waals surface area contributed by atoms with E-state index in [0.29, 0.717) is 5.56 Å². The summed E-state index contributed by atoms with van der Waals surface area (Å²) in [6.45, 7) is 0. The molecule has 3 aromatic rings. The summed E-state index contributed by atoms with van der Waals surface area (Å²) in [6.07, 6.45) is 3.54. The first kappa shape index (κ1) is 18.2. The van der Waals surface area contributed by atoms with Crippen LogP contribution < -0.4 is 15.8 Å². The van der Waals surface area contributed by atoms with Gasteiger partial charge in [-0.25, -0.2) is 4.68 Å². The van der Waals surface area contributed by atoms with E-state index in [2.05, 4.69) is 16.0 Å². The lowest BCUT2D eigenvalue weighted by Crippen LogP contribution is -2.42. The Morgan fingerprint density at radius 3 is 2.56 bits per heavy atom. The predicted molar refractivity (Wildman–Crippen MR) is 104 cm³/mol. The Morgan fingerprint density at radius 1 is 1.04 bits per heavy atom. The van der Waals surface area contributed by atoms with E-state index < -0.39 is 0 Å². The molecule has 0 aliphatic rings. The van der Waals surface area contributed by atoms with Crippen LogP contribution in [0.5, 0.6) is 0 Å². The smallest absolute Gasteiger partial charge is 0.269 e. The zero-order chi connectivity index (χ0) is 19.2. The molecule has 0 radical (unpaired) electrons. The van der Waals surface area contributed by atoms with Crippen LogP contribution in [0.2, 0.25) is 0 Å². The summed E-state index contributed by atoms with van der Waals surface area (Å²) >= 11 is 0. The molecule has 0 unspecified atom stereocenters. The molecule has 0 spiro atoms. The number of nitrogens with one attached hydrogen (secondary N) is 2. The molecule has 0 saturated carbocycles. The van der Waals surface area contributed by atoms with Crippen LogP contribution in [0.15, 0.2) is 67.0 Å².